The molecule has 5 nitrogen and oxygen atoms in total. The predicted molar refractivity (Wildman–Crippen MR) is 130 cm³/mol. The van der Waals surface area contributed by atoms with E-state index < -0.39 is 0 Å². The highest BCUT2D eigenvalue weighted by Crippen LogP contribution is 2.32. The van der Waals surface area contributed by atoms with Crippen molar-refractivity contribution in [3.05, 3.63) is 57.6 Å². The Kier molecular flexibility index (Phi) is 8.03. The van der Waals surface area contributed by atoms with Crippen LogP contribution in [0.3, 0.4) is 0 Å². The number of aromatic nitrogens is 3. The molecule has 164 valence electrons. The zero-order chi connectivity index (χ0) is 22.5. The Hall–Kier alpha value is -2.02. The van der Waals surface area contributed by atoms with E-state index in [1.54, 1.807) is 12.1 Å². The van der Waals surface area contributed by atoms with Crippen LogP contribution in [0.15, 0.2) is 41.6 Å². The van der Waals surface area contributed by atoms with Crippen molar-refractivity contribution in [3.8, 4) is 11.4 Å². The first kappa shape index (κ1) is 23.6. The molecule has 0 fully saturated rings. The lowest BCUT2D eigenvalue weighted by Gasteiger charge is -2.14. The summed E-state index contributed by atoms with van der Waals surface area (Å²) < 4.78 is 2.02. The minimum Gasteiger partial charge on any atom is -0.325 e. The molecule has 0 aliphatic rings. The Labute approximate surface area is 197 Å². The van der Waals surface area contributed by atoms with Crippen molar-refractivity contribution >= 4 is 46.6 Å². The van der Waals surface area contributed by atoms with Crippen LogP contribution in [0.1, 0.15) is 31.9 Å². The van der Waals surface area contributed by atoms with E-state index in [-0.39, 0.29) is 11.7 Å². The van der Waals surface area contributed by atoms with Crippen LogP contribution in [-0.4, -0.2) is 26.4 Å². The zero-order valence-electron chi connectivity index (χ0n) is 18.1. The second kappa shape index (κ2) is 10.5. The first-order valence-corrected chi connectivity index (χ1v) is 11.9. The minimum atomic E-state index is -0.0702. The summed E-state index contributed by atoms with van der Waals surface area (Å²) in [6, 6.07) is 11.4. The summed E-state index contributed by atoms with van der Waals surface area (Å²) in [5.41, 5.74) is 3.84. The largest absolute Gasteiger partial charge is 0.325 e. The molecule has 0 bridgehead atoms. The Morgan fingerprint density at radius 3 is 2.65 bits per heavy atom. The molecule has 1 amide bonds. The highest BCUT2D eigenvalue weighted by atomic mass is 35.5. The van der Waals surface area contributed by atoms with Gasteiger partial charge in [-0.1, -0.05) is 73.9 Å². The number of carbonyl (C=O) groups excluding carboxylic acids is 1. The molecule has 3 rings (SSSR count). The van der Waals surface area contributed by atoms with Gasteiger partial charge in [0, 0.05) is 22.8 Å². The van der Waals surface area contributed by atoms with Gasteiger partial charge in [0.15, 0.2) is 11.0 Å². The summed E-state index contributed by atoms with van der Waals surface area (Å²) >= 11 is 13.8. The summed E-state index contributed by atoms with van der Waals surface area (Å²) in [4.78, 5) is 12.7. The van der Waals surface area contributed by atoms with E-state index in [4.69, 9.17) is 23.2 Å². The van der Waals surface area contributed by atoms with Crippen molar-refractivity contribution in [2.24, 2.45) is 5.92 Å². The van der Waals surface area contributed by atoms with E-state index in [0.29, 0.717) is 33.5 Å². The van der Waals surface area contributed by atoms with Gasteiger partial charge in [0.1, 0.15) is 0 Å². The SMILES string of the molecule is CCc1cccc(C)c1NC(=O)CSc1nnc(-c2ccc(Cl)cc2Cl)n1CC(C)C. The number of benzene rings is 2. The molecule has 0 saturated carbocycles. The number of para-hydroxylation sites is 1. The van der Waals surface area contributed by atoms with Crippen LogP contribution in [0, 0.1) is 12.8 Å². The number of thioether (sulfide) groups is 1. The fourth-order valence-corrected chi connectivity index (χ4v) is 4.54. The second-order valence-electron chi connectivity index (χ2n) is 7.73. The number of rotatable bonds is 8. The van der Waals surface area contributed by atoms with E-state index in [9.17, 15) is 4.79 Å². The van der Waals surface area contributed by atoms with Crippen molar-refractivity contribution in [1.82, 2.24) is 14.8 Å². The maximum Gasteiger partial charge on any atom is 0.234 e. The molecule has 0 atom stereocenters. The van der Waals surface area contributed by atoms with Gasteiger partial charge in [-0.15, -0.1) is 10.2 Å². The normalized spacial score (nSPS) is 11.2. The first-order valence-electron chi connectivity index (χ1n) is 10.2. The van der Waals surface area contributed by atoms with Gasteiger partial charge in [0.2, 0.25) is 5.91 Å². The molecule has 0 radical (unpaired) electrons. The maximum absolute atomic E-state index is 12.7. The van der Waals surface area contributed by atoms with Crippen molar-refractivity contribution in [3.63, 3.8) is 0 Å². The van der Waals surface area contributed by atoms with E-state index in [1.165, 1.54) is 11.8 Å². The van der Waals surface area contributed by atoms with Crippen LogP contribution in [0.2, 0.25) is 10.0 Å². The zero-order valence-corrected chi connectivity index (χ0v) is 20.4. The van der Waals surface area contributed by atoms with Gasteiger partial charge in [-0.25, -0.2) is 0 Å². The molecule has 1 aromatic heterocycles. The molecule has 31 heavy (non-hydrogen) atoms. The van der Waals surface area contributed by atoms with Crippen molar-refractivity contribution in [1.29, 1.82) is 0 Å². The Balaban J connectivity index is 1.80. The van der Waals surface area contributed by atoms with Crippen LogP contribution >= 0.6 is 35.0 Å². The molecule has 2 aromatic carbocycles. The molecule has 0 saturated heterocycles. The van der Waals surface area contributed by atoms with Crippen LogP contribution in [0.25, 0.3) is 11.4 Å². The molecule has 0 spiro atoms. The number of halogens is 2. The van der Waals surface area contributed by atoms with Gasteiger partial charge < -0.3 is 9.88 Å². The predicted octanol–water partition coefficient (Wildman–Crippen LogP) is 6.51. The molecule has 1 N–H and O–H groups in total. The Morgan fingerprint density at radius 1 is 1.19 bits per heavy atom. The molecule has 1 heterocycles. The number of hydrogen-bond acceptors (Lipinski definition) is 4. The van der Waals surface area contributed by atoms with Crippen molar-refractivity contribution < 1.29 is 4.79 Å². The smallest absolute Gasteiger partial charge is 0.234 e. The average Bonchev–Trinajstić information content (AvgIpc) is 3.09. The third-order valence-corrected chi connectivity index (χ3v) is 6.29. The number of carbonyl (C=O) groups is 1. The summed E-state index contributed by atoms with van der Waals surface area (Å²) in [5, 5.41) is 13.5. The number of amides is 1. The molecule has 0 aliphatic carbocycles. The van der Waals surface area contributed by atoms with E-state index >= 15 is 0 Å². The second-order valence-corrected chi connectivity index (χ2v) is 9.52. The van der Waals surface area contributed by atoms with Crippen LogP contribution in [-0.2, 0) is 17.8 Å². The Bertz CT molecular complexity index is 1080. The van der Waals surface area contributed by atoms with Gasteiger partial charge in [-0.3, -0.25) is 4.79 Å². The van der Waals surface area contributed by atoms with E-state index in [2.05, 4.69) is 36.3 Å². The average molecular weight is 477 g/mol. The fraction of sp³-hybridized carbons (Fsp3) is 0.348. The van der Waals surface area contributed by atoms with Crippen molar-refractivity contribution in [2.75, 3.05) is 11.1 Å². The molecule has 0 aliphatic heterocycles. The van der Waals surface area contributed by atoms with Crippen LogP contribution in [0.5, 0.6) is 0 Å². The highest BCUT2D eigenvalue weighted by Gasteiger charge is 2.19. The quantitative estimate of drug-likeness (QED) is 0.376. The molecule has 0 unspecified atom stereocenters. The number of aryl methyl sites for hydroxylation is 2. The molecule has 8 heteroatoms. The Morgan fingerprint density at radius 2 is 1.97 bits per heavy atom. The summed E-state index contributed by atoms with van der Waals surface area (Å²) in [6.45, 7) is 9.04. The van der Waals surface area contributed by atoms with E-state index in [1.807, 2.05) is 35.8 Å². The van der Waals surface area contributed by atoms with Crippen LogP contribution < -0.4 is 5.32 Å². The first-order chi connectivity index (χ1) is 14.8. The lowest BCUT2D eigenvalue weighted by atomic mass is 10.1. The third kappa shape index (κ3) is 5.82. The van der Waals surface area contributed by atoms with Gasteiger partial charge >= 0.3 is 0 Å². The number of anilines is 1. The highest BCUT2D eigenvalue weighted by molar-refractivity contribution is 7.99. The van der Waals surface area contributed by atoms with E-state index in [0.717, 1.165) is 28.8 Å². The molecular formula is C23H26Cl2N4OS. The van der Waals surface area contributed by atoms with Crippen LogP contribution in [0.4, 0.5) is 5.69 Å². The maximum atomic E-state index is 12.7. The van der Waals surface area contributed by atoms with Crippen molar-refractivity contribution in [2.45, 2.75) is 45.8 Å². The lowest BCUT2D eigenvalue weighted by Crippen LogP contribution is -2.17. The number of hydrogen-bond donors (Lipinski definition) is 1. The number of nitrogens with one attached hydrogen (secondary N) is 1. The van der Waals surface area contributed by atoms with Gasteiger partial charge in [-0.05, 0) is 48.6 Å². The minimum absolute atomic E-state index is 0.0702. The standard InChI is InChI=1S/C23H26Cl2N4OS/c1-5-16-8-6-7-15(4)21(16)26-20(30)13-31-23-28-27-22(29(23)12-14(2)3)18-10-9-17(24)11-19(18)25/h6-11,14H,5,12-13H2,1-4H3,(H,26,30). The monoisotopic (exact) mass is 476 g/mol. The topological polar surface area (TPSA) is 59.8 Å². The lowest BCUT2D eigenvalue weighted by molar-refractivity contribution is -0.113. The summed E-state index contributed by atoms with van der Waals surface area (Å²) in [7, 11) is 0. The summed E-state index contributed by atoms with van der Waals surface area (Å²) in [5.74, 6) is 1.21. The molecule has 3 aromatic rings. The molecular weight excluding hydrogens is 451 g/mol. The van der Waals surface area contributed by atoms with Gasteiger partial charge in [0.05, 0.1) is 10.8 Å². The third-order valence-electron chi connectivity index (χ3n) is 4.77. The fourth-order valence-electron chi connectivity index (χ4n) is 3.30. The number of nitrogens with zero attached hydrogens (tertiary/aromatic N) is 3. The van der Waals surface area contributed by atoms with Gasteiger partial charge in [0.25, 0.3) is 0 Å². The summed E-state index contributed by atoms with van der Waals surface area (Å²) in [6.07, 6.45) is 0.859. The van der Waals surface area contributed by atoms with Gasteiger partial charge in [-0.2, -0.15) is 0 Å².